The maximum absolute atomic E-state index is 12.5. The second-order valence-corrected chi connectivity index (χ2v) is 7.62. The molecular formula is C24H21N5O3S. The summed E-state index contributed by atoms with van der Waals surface area (Å²) in [5, 5.41) is 9.92. The van der Waals surface area contributed by atoms with E-state index in [4.69, 9.17) is 17.0 Å². The van der Waals surface area contributed by atoms with Crippen LogP contribution in [0.1, 0.15) is 11.1 Å². The summed E-state index contributed by atoms with van der Waals surface area (Å²) in [5.41, 5.74) is 6.13. The quantitative estimate of drug-likeness (QED) is 0.308. The molecule has 0 spiro atoms. The number of amides is 3. The lowest BCUT2D eigenvalue weighted by Crippen LogP contribution is -2.45. The maximum Gasteiger partial charge on any atom is 0.339 e. The Kier molecular flexibility index (Phi) is 6.61. The highest BCUT2D eigenvalue weighted by atomic mass is 32.1. The number of hydrogen-bond donors (Lipinski definition) is 3. The van der Waals surface area contributed by atoms with Crippen LogP contribution < -0.4 is 25.7 Å². The first kappa shape index (κ1) is 22.0. The van der Waals surface area contributed by atoms with Gasteiger partial charge in [-0.1, -0.05) is 48.0 Å². The fourth-order valence-corrected chi connectivity index (χ4v) is 3.45. The van der Waals surface area contributed by atoms with Crippen molar-refractivity contribution in [2.24, 2.45) is 5.10 Å². The molecular weight excluding hydrogens is 438 g/mol. The lowest BCUT2D eigenvalue weighted by atomic mass is 10.2. The van der Waals surface area contributed by atoms with Crippen molar-refractivity contribution in [1.29, 1.82) is 0 Å². The van der Waals surface area contributed by atoms with E-state index < -0.39 is 6.03 Å². The molecule has 3 amide bonds. The number of nitrogens with zero attached hydrogens (tertiary/aromatic N) is 2. The molecule has 0 saturated heterocycles. The van der Waals surface area contributed by atoms with Crippen molar-refractivity contribution >= 4 is 52.5 Å². The molecule has 4 rings (SSSR count). The Bertz CT molecular complexity index is 1210. The minimum Gasteiger partial charge on any atom is -0.481 e. The van der Waals surface area contributed by atoms with Gasteiger partial charge in [0.25, 0.3) is 5.91 Å². The second kappa shape index (κ2) is 9.92. The Morgan fingerprint density at radius 2 is 1.76 bits per heavy atom. The summed E-state index contributed by atoms with van der Waals surface area (Å²) in [6.07, 6.45) is 1.54. The molecule has 0 radical (unpaired) electrons. The van der Waals surface area contributed by atoms with Gasteiger partial charge in [0.15, 0.2) is 11.7 Å². The van der Waals surface area contributed by atoms with Crippen molar-refractivity contribution in [3.8, 4) is 5.75 Å². The van der Waals surface area contributed by atoms with Crippen LogP contribution in [0.3, 0.4) is 0 Å². The summed E-state index contributed by atoms with van der Waals surface area (Å²) in [7, 11) is 0. The number of carbonyl (C=O) groups is 2. The van der Waals surface area contributed by atoms with Crippen LogP contribution in [0.4, 0.5) is 21.9 Å². The van der Waals surface area contributed by atoms with E-state index in [2.05, 4.69) is 21.2 Å². The molecule has 0 bridgehead atoms. The number of carbonyl (C=O) groups excluding carboxylic acids is 2. The van der Waals surface area contributed by atoms with Gasteiger partial charge in [-0.3, -0.25) is 9.69 Å². The van der Waals surface area contributed by atoms with Gasteiger partial charge in [0, 0.05) is 17.4 Å². The number of benzene rings is 3. The summed E-state index contributed by atoms with van der Waals surface area (Å²) in [6.45, 7) is 1.82. The Balaban J connectivity index is 1.43. The van der Waals surface area contributed by atoms with Crippen molar-refractivity contribution in [2.75, 3.05) is 22.1 Å². The molecule has 3 aromatic carbocycles. The molecule has 3 aromatic rings. The molecule has 0 aliphatic carbocycles. The number of ether oxygens (including phenoxy) is 1. The molecule has 0 aromatic heterocycles. The predicted molar refractivity (Wildman–Crippen MR) is 133 cm³/mol. The normalized spacial score (nSPS) is 12.6. The van der Waals surface area contributed by atoms with Crippen molar-refractivity contribution in [3.05, 3.63) is 83.9 Å². The van der Waals surface area contributed by atoms with Crippen LogP contribution >= 0.6 is 12.2 Å². The van der Waals surface area contributed by atoms with Gasteiger partial charge in [0.2, 0.25) is 0 Å². The molecule has 3 N–H and O–H groups in total. The summed E-state index contributed by atoms with van der Waals surface area (Å²) in [5.74, 6) is 0.133. The van der Waals surface area contributed by atoms with E-state index in [1.165, 1.54) is 4.90 Å². The van der Waals surface area contributed by atoms with E-state index in [-0.39, 0.29) is 17.6 Å². The monoisotopic (exact) mass is 459 g/mol. The van der Waals surface area contributed by atoms with Gasteiger partial charge >= 0.3 is 6.03 Å². The van der Waals surface area contributed by atoms with Crippen LogP contribution in [-0.2, 0) is 4.79 Å². The molecule has 33 heavy (non-hydrogen) atoms. The molecule has 1 heterocycles. The summed E-state index contributed by atoms with van der Waals surface area (Å²) in [4.78, 5) is 26.1. The first-order valence-corrected chi connectivity index (χ1v) is 10.5. The topological polar surface area (TPSA) is 95.1 Å². The van der Waals surface area contributed by atoms with Gasteiger partial charge in [-0.15, -0.1) is 0 Å². The van der Waals surface area contributed by atoms with Gasteiger partial charge < -0.3 is 15.4 Å². The molecule has 0 atom stereocenters. The lowest BCUT2D eigenvalue weighted by Gasteiger charge is -2.30. The van der Waals surface area contributed by atoms with Crippen molar-refractivity contribution < 1.29 is 14.3 Å². The summed E-state index contributed by atoms with van der Waals surface area (Å²) >= 11 is 5.48. The second-order valence-electron chi connectivity index (χ2n) is 7.23. The number of thiocarbonyl (C=S) groups is 1. The Labute approximate surface area is 196 Å². The van der Waals surface area contributed by atoms with Crippen molar-refractivity contribution in [1.82, 2.24) is 5.43 Å². The van der Waals surface area contributed by atoms with Gasteiger partial charge in [0.1, 0.15) is 5.75 Å². The first-order valence-electron chi connectivity index (χ1n) is 10.1. The minimum absolute atomic E-state index is 0.167. The highest BCUT2D eigenvalue weighted by molar-refractivity contribution is 7.80. The third kappa shape index (κ3) is 5.52. The van der Waals surface area contributed by atoms with E-state index >= 15 is 0 Å². The zero-order valence-electron chi connectivity index (χ0n) is 17.7. The number of hydrogen-bond acceptors (Lipinski definition) is 5. The highest BCUT2D eigenvalue weighted by Gasteiger charge is 2.29. The lowest BCUT2D eigenvalue weighted by molar-refractivity contribution is -0.120. The smallest absolute Gasteiger partial charge is 0.339 e. The van der Waals surface area contributed by atoms with Crippen LogP contribution in [-0.4, -0.2) is 29.9 Å². The fourth-order valence-electron chi connectivity index (χ4n) is 3.13. The average Bonchev–Trinajstić information content (AvgIpc) is 2.81. The van der Waals surface area contributed by atoms with Crippen molar-refractivity contribution in [2.45, 2.75) is 6.92 Å². The van der Waals surface area contributed by atoms with Crippen LogP contribution in [0.15, 0.2) is 77.9 Å². The number of urea groups is 1. The van der Waals surface area contributed by atoms with E-state index in [0.29, 0.717) is 17.1 Å². The van der Waals surface area contributed by atoms with E-state index in [1.807, 2.05) is 61.5 Å². The predicted octanol–water partition coefficient (Wildman–Crippen LogP) is 4.27. The Morgan fingerprint density at radius 3 is 2.52 bits per heavy atom. The van der Waals surface area contributed by atoms with Crippen LogP contribution in [0.5, 0.6) is 5.75 Å². The largest absolute Gasteiger partial charge is 0.481 e. The van der Waals surface area contributed by atoms with Gasteiger partial charge in [-0.2, -0.15) is 5.10 Å². The third-order valence-corrected chi connectivity index (χ3v) is 5.03. The number of aryl methyl sites for hydroxylation is 1. The molecule has 8 nitrogen and oxygen atoms in total. The number of hydrazone groups is 1. The zero-order valence-corrected chi connectivity index (χ0v) is 18.6. The van der Waals surface area contributed by atoms with Crippen LogP contribution in [0.25, 0.3) is 0 Å². The number of rotatable bonds is 4. The molecule has 1 aliphatic heterocycles. The number of fused-ring (bicyclic) bond motifs is 1. The number of anilines is 3. The Hall–Kier alpha value is -4.24. The highest BCUT2D eigenvalue weighted by Crippen LogP contribution is 2.35. The third-order valence-electron chi connectivity index (χ3n) is 4.74. The molecule has 9 heteroatoms. The van der Waals surface area contributed by atoms with Crippen LogP contribution in [0.2, 0.25) is 0 Å². The average molecular weight is 460 g/mol. The molecule has 0 fully saturated rings. The van der Waals surface area contributed by atoms with Crippen LogP contribution in [0, 0.1) is 6.92 Å². The number of nitrogens with one attached hydrogen (secondary N) is 3. The SMILES string of the molecule is Cc1ccc(NC(=S)N2C(=O)COc3cc(NC(=O)N/N=C\c4ccccc4)ccc32)cc1. The zero-order chi connectivity index (χ0) is 23.2. The van der Waals surface area contributed by atoms with E-state index in [9.17, 15) is 9.59 Å². The standard InChI is InChI=1S/C24H21N5O3S/c1-16-7-9-18(10-8-16)27-24(33)29-20-12-11-19(13-21(20)32-15-22(29)30)26-23(31)28-25-14-17-5-3-2-4-6-17/h2-14H,15H2,1H3,(H,27,33)(H2,26,28,31)/b25-14-. The van der Waals surface area contributed by atoms with Gasteiger partial charge in [-0.25, -0.2) is 10.2 Å². The van der Waals surface area contributed by atoms with Gasteiger partial charge in [-0.05, 0) is 49.0 Å². The summed E-state index contributed by atoms with van der Waals surface area (Å²) < 4.78 is 5.56. The minimum atomic E-state index is -0.512. The molecule has 0 saturated carbocycles. The van der Waals surface area contributed by atoms with Crippen molar-refractivity contribution in [3.63, 3.8) is 0 Å². The first-order chi connectivity index (χ1) is 16.0. The Morgan fingerprint density at radius 1 is 1.03 bits per heavy atom. The molecule has 1 aliphatic rings. The van der Waals surface area contributed by atoms with Gasteiger partial charge in [0.05, 0.1) is 11.9 Å². The maximum atomic E-state index is 12.5. The van der Waals surface area contributed by atoms with E-state index in [1.54, 1.807) is 24.4 Å². The molecule has 0 unspecified atom stereocenters. The fraction of sp³-hybridized carbons (Fsp3) is 0.0833. The summed E-state index contributed by atoms with van der Waals surface area (Å²) in [6, 6.07) is 21.5. The van der Waals surface area contributed by atoms with E-state index in [0.717, 1.165) is 16.8 Å². The molecule has 166 valence electrons.